The van der Waals surface area contributed by atoms with E-state index < -0.39 is 28.0 Å². The van der Waals surface area contributed by atoms with E-state index in [0.29, 0.717) is 22.7 Å². The molecule has 0 bridgehead atoms. The molecule has 34 heavy (non-hydrogen) atoms. The molecule has 182 valence electrons. The van der Waals surface area contributed by atoms with Crippen molar-refractivity contribution in [2.24, 2.45) is 0 Å². The number of ether oxygens (including phenoxy) is 3. The second-order valence-electron chi connectivity index (χ2n) is 7.62. The number of rotatable bonds is 7. The lowest BCUT2D eigenvalue weighted by Crippen LogP contribution is -2.31. The molecule has 3 rings (SSSR count). The van der Waals surface area contributed by atoms with E-state index in [4.69, 9.17) is 37.4 Å². The lowest BCUT2D eigenvalue weighted by Gasteiger charge is -2.31. The maximum absolute atomic E-state index is 13.9. The molecule has 0 aromatic heterocycles. The van der Waals surface area contributed by atoms with Crippen LogP contribution in [0.1, 0.15) is 32.3 Å². The van der Waals surface area contributed by atoms with Gasteiger partial charge >= 0.3 is 5.97 Å². The molecule has 0 radical (unpaired) electrons. The summed E-state index contributed by atoms with van der Waals surface area (Å²) in [6.07, 6.45) is -0.500. The summed E-state index contributed by atoms with van der Waals surface area (Å²) < 4.78 is 43.4. The Kier molecular flexibility index (Phi) is 7.98. The van der Waals surface area contributed by atoms with Gasteiger partial charge in [0.1, 0.15) is 5.75 Å². The van der Waals surface area contributed by atoms with E-state index in [0.717, 1.165) is 0 Å². The molecule has 0 aliphatic carbocycles. The molecule has 1 aliphatic heterocycles. The first-order chi connectivity index (χ1) is 16.0. The SMILES string of the molecule is COC(=O)C1=C(C)NC(C)=C(S(=O)(=O)c2ccc(OC(C)OC)cc2)C1c1cccc(Cl)c1Cl. The number of methoxy groups -OCH3 is 2. The van der Waals surface area contributed by atoms with Gasteiger partial charge in [-0.1, -0.05) is 35.3 Å². The summed E-state index contributed by atoms with van der Waals surface area (Å²) in [4.78, 5) is 12.8. The summed E-state index contributed by atoms with van der Waals surface area (Å²) in [7, 11) is -1.36. The van der Waals surface area contributed by atoms with Crippen LogP contribution >= 0.6 is 23.2 Å². The zero-order valence-electron chi connectivity index (χ0n) is 19.3. The standard InChI is InChI=1S/C24H25Cl2NO6S/c1-13-20(24(28)32-5)21(18-7-6-8-19(25)22(18)26)23(14(2)27-13)34(29,30)17-11-9-16(10-12-17)33-15(3)31-4/h6-12,15,21,27H,1-5H3. The first kappa shape index (κ1) is 26.1. The van der Waals surface area contributed by atoms with E-state index in [1.165, 1.54) is 38.5 Å². The number of benzene rings is 2. The van der Waals surface area contributed by atoms with Crippen molar-refractivity contribution in [2.45, 2.75) is 37.9 Å². The van der Waals surface area contributed by atoms with Crippen LogP contribution in [0.4, 0.5) is 0 Å². The van der Waals surface area contributed by atoms with Gasteiger partial charge in [0, 0.05) is 18.5 Å². The number of sulfone groups is 1. The Labute approximate surface area is 209 Å². The summed E-state index contributed by atoms with van der Waals surface area (Å²) in [5, 5.41) is 3.41. The number of halogens is 2. The Hall–Kier alpha value is -2.52. The van der Waals surface area contributed by atoms with Gasteiger partial charge in [0.25, 0.3) is 0 Å². The van der Waals surface area contributed by atoms with Crippen molar-refractivity contribution in [3.63, 3.8) is 0 Å². The number of hydrogen-bond acceptors (Lipinski definition) is 7. The molecule has 2 aromatic carbocycles. The van der Waals surface area contributed by atoms with Gasteiger partial charge in [0.15, 0.2) is 6.29 Å². The van der Waals surface area contributed by atoms with Crippen LogP contribution in [0.5, 0.6) is 5.75 Å². The lowest BCUT2D eigenvalue weighted by atomic mass is 9.86. The van der Waals surface area contributed by atoms with E-state index in [1.54, 1.807) is 39.0 Å². The van der Waals surface area contributed by atoms with Crippen LogP contribution in [0, 0.1) is 0 Å². The van der Waals surface area contributed by atoms with Gasteiger partial charge in [-0.2, -0.15) is 0 Å². The molecule has 0 amide bonds. The molecule has 2 atom stereocenters. The van der Waals surface area contributed by atoms with E-state index in [9.17, 15) is 13.2 Å². The fourth-order valence-corrected chi connectivity index (χ4v) is 5.99. The monoisotopic (exact) mass is 525 g/mol. The summed E-state index contributed by atoms with van der Waals surface area (Å²) in [6.45, 7) is 5.02. The second-order valence-corrected chi connectivity index (χ2v) is 10.3. The van der Waals surface area contributed by atoms with Crippen LogP contribution in [0.3, 0.4) is 0 Å². The number of carbonyl (C=O) groups excluding carboxylic acids is 1. The third-order valence-corrected chi connectivity index (χ3v) is 8.30. The number of allylic oxidation sites excluding steroid dienone is 3. The Morgan fingerprint density at radius 2 is 1.68 bits per heavy atom. The number of nitrogens with one attached hydrogen (secondary N) is 1. The molecule has 1 aliphatic rings. The summed E-state index contributed by atoms with van der Waals surface area (Å²) in [5.74, 6) is -1.26. The predicted octanol–water partition coefficient (Wildman–Crippen LogP) is 5.20. The average Bonchev–Trinajstić information content (AvgIpc) is 2.80. The highest BCUT2D eigenvalue weighted by molar-refractivity contribution is 7.95. The summed E-state index contributed by atoms with van der Waals surface area (Å²) in [6, 6.07) is 10.8. The molecule has 1 N–H and O–H groups in total. The van der Waals surface area contributed by atoms with Crippen LogP contribution in [0.25, 0.3) is 0 Å². The van der Waals surface area contributed by atoms with Crippen molar-refractivity contribution in [2.75, 3.05) is 14.2 Å². The van der Waals surface area contributed by atoms with E-state index >= 15 is 0 Å². The smallest absolute Gasteiger partial charge is 0.336 e. The van der Waals surface area contributed by atoms with Gasteiger partial charge in [-0.25, -0.2) is 13.2 Å². The molecule has 1 heterocycles. The van der Waals surface area contributed by atoms with Crippen LogP contribution in [0.2, 0.25) is 10.0 Å². The highest BCUT2D eigenvalue weighted by Crippen LogP contribution is 2.46. The first-order valence-electron chi connectivity index (χ1n) is 10.3. The summed E-state index contributed by atoms with van der Waals surface area (Å²) in [5.41, 5.74) is 1.33. The molecule has 0 spiro atoms. The lowest BCUT2D eigenvalue weighted by molar-refractivity contribution is -0.136. The third-order valence-electron chi connectivity index (χ3n) is 5.45. The van der Waals surface area contributed by atoms with E-state index in [2.05, 4.69) is 5.32 Å². The molecular weight excluding hydrogens is 501 g/mol. The average molecular weight is 526 g/mol. The largest absolute Gasteiger partial charge is 0.466 e. The van der Waals surface area contributed by atoms with Gasteiger partial charge in [-0.3, -0.25) is 0 Å². The zero-order valence-corrected chi connectivity index (χ0v) is 21.6. The van der Waals surface area contributed by atoms with Gasteiger partial charge < -0.3 is 19.5 Å². The topological polar surface area (TPSA) is 90.9 Å². The number of hydrogen-bond donors (Lipinski definition) is 1. The van der Waals surface area contributed by atoms with Crippen molar-refractivity contribution < 1.29 is 27.4 Å². The van der Waals surface area contributed by atoms with E-state index in [1.807, 2.05) is 0 Å². The Morgan fingerprint density at radius 3 is 2.26 bits per heavy atom. The number of esters is 1. The Balaban J connectivity index is 2.20. The molecule has 2 unspecified atom stereocenters. The zero-order chi connectivity index (χ0) is 25.2. The third kappa shape index (κ3) is 4.95. The molecular formula is C24H25Cl2NO6S. The van der Waals surface area contributed by atoms with Gasteiger partial charge in [0.05, 0.1) is 38.4 Å². The maximum atomic E-state index is 13.9. The van der Waals surface area contributed by atoms with Crippen molar-refractivity contribution in [3.05, 3.63) is 79.9 Å². The van der Waals surface area contributed by atoms with Gasteiger partial charge in [0.2, 0.25) is 9.84 Å². The minimum atomic E-state index is -4.10. The quantitative estimate of drug-likeness (QED) is 0.392. The molecule has 0 fully saturated rings. The van der Waals surface area contributed by atoms with Crippen LogP contribution in [-0.2, 0) is 24.1 Å². The van der Waals surface area contributed by atoms with Crippen LogP contribution in [0.15, 0.2) is 69.2 Å². The van der Waals surface area contributed by atoms with E-state index in [-0.39, 0.29) is 25.4 Å². The highest BCUT2D eigenvalue weighted by Gasteiger charge is 2.41. The molecule has 7 nitrogen and oxygen atoms in total. The van der Waals surface area contributed by atoms with Crippen molar-refractivity contribution >= 4 is 39.0 Å². The predicted molar refractivity (Wildman–Crippen MR) is 130 cm³/mol. The second kappa shape index (κ2) is 10.4. The number of dihydropyridines is 1. The Morgan fingerprint density at radius 1 is 1.03 bits per heavy atom. The molecule has 0 saturated heterocycles. The van der Waals surface area contributed by atoms with Crippen molar-refractivity contribution in [1.82, 2.24) is 5.32 Å². The van der Waals surface area contributed by atoms with Crippen molar-refractivity contribution in [3.8, 4) is 5.75 Å². The summed E-state index contributed by atoms with van der Waals surface area (Å²) >= 11 is 12.8. The maximum Gasteiger partial charge on any atom is 0.336 e. The van der Waals surface area contributed by atoms with Gasteiger partial charge in [-0.15, -0.1) is 0 Å². The first-order valence-corrected chi connectivity index (χ1v) is 12.5. The fraction of sp³-hybridized carbons (Fsp3) is 0.292. The number of carbonyl (C=O) groups is 1. The van der Waals surface area contributed by atoms with Crippen molar-refractivity contribution in [1.29, 1.82) is 0 Å². The highest BCUT2D eigenvalue weighted by atomic mass is 35.5. The van der Waals surface area contributed by atoms with Crippen LogP contribution < -0.4 is 10.1 Å². The van der Waals surface area contributed by atoms with Crippen LogP contribution in [-0.4, -0.2) is 34.9 Å². The minimum Gasteiger partial charge on any atom is -0.466 e. The molecule has 2 aromatic rings. The molecule has 10 heteroatoms. The van der Waals surface area contributed by atoms with Gasteiger partial charge in [-0.05, 0) is 56.7 Å². The normalized spacial score (nSPS) is 17.3. The Bertz CT molecular complexity index is 1270. The fourth-order valence-electron chi connectivity index (χ4n) is 3.82. The minimum absolute atomic E-state index is 0.0213. The molecule has 0 saturated carbocycles.